The summed E-state index contributed by atoms with van der Waals surface area (Å²) in [5, 5.41) is 1.40. The smallest absolute Gasteiger partial charge is 0.0459 e. The van der Waals surface area contributed by atoms with Gasteiger partial charge in [0.1, 0.15) is 0 Å². The van der Waals surface area contributed by atoms with Crippen LogP contribution < -0.4 is 0 Å². The van der Waals surface area contributed by atoms with Crippen molar-refractivity contribution in [1.29, 1.82) is 0 Å². The first kappa shape index (κ1) is 9.91. The van der Waals surface area contributed by atoms with E-state index in [1.165, 1.54) is 41.5 Å². The summed E-state index contributed by atoms with van der Waals surface area (Å²) < 4.78 is 0. The zero-order valence-corrected chi connectivity index (χ0v) is 9.96. The molecule has 0 bridgehead atoms. The minimum Gasteiger partial charge on any atom is -0.358 e. The summed E-state index contributed by atoms with van der Waals surface area (Å²) in [6.45, 7) is 3.42. The Morgan fingerprint density at radius 1 is 1.31 bits per heavy atom. The lowest BCUT2D eigenvalue weighted by atomic mass is 10.0. The van der Waals surface area contributed by atoms with Crippen LogP contribution in [0.4, 0.5) is 0 Å². The average molecular weight is 214 g/mol. The number of nitrogens with one attached hydrogen (secondary N) is 1. The normalized spacial score (nSPS) is 22.0. The molecule has 3 rings (SSSR count). The number of para-hydroxylation sites is 1. The number of H-pyrrole nitrogens is 1. The molecule has 1 aliphatic heterocycles. The van der Waals surface area contributed by atoms with Crippen LogP contribution in [-0.2, 0) is 0 Å². The molecule has 2 nitrogen and oxygen atoms in total. The molecule has 1 N–H and O–H groups in total. The fraction of sp³-hybridized carbons (Fsp3) is 0.429. The molecule has 1 aromatic carbocycles. The van der Waals surface area contributed by atoms with Crippen molar-refractivity contribution in [2.75, 3.05) is 13.6 Å². The van der Waals surface area contributed by atoms with Crippen LogP contribution in [0.5, 0.6) is 0 Å². The zero-order valence-electron chi connectivity index (χ0n) is 9.96. The summed E-state index contributed by atoms with van der Waals surface area (Å²) in [4.78, 5) is 5.97. The van der Waals surface area contributed by atoms with Crippen molar-refractivity contribution in [3.8, 4) is 0 Å². The molecular weight excluding hydrogens is 196 g/mol. The highest BCUT2D eigenvalue weighted by Crippen LogP contribution is 2.36. The lowest BCUT2D eigenvalue weighted by Crippen LogP contribution is -2.17. The van der Waals surface area contributed by atoms with Gasteiger partial charge in [-0.05, 0) is 45.0 Å². The van der Waals surface area contributed by atoms with E-state index in [9.17, 15) is 0 Å². The number of fused-ring (bicyclic) bond motifs is 1. The maximum absolute atomic E-state index is 3.50. The van der Waals surface area contributed by atoms with Crippen molar-refractivity contribution < 1.29 is 0 Å². The molecule has 2 heteroatoms. The van der Waals surface area contributed by atoms with E-state index in [-0.39, 0.29) is 0 Å². The third-order valence-corrected chi connectivity index (χ3v) is 3.80. The number of likely N-dealkylation sites (tertiary alicyclic amines) is 1. The quantitative estimate of drug-likeness (QED) is 0.772. The van der Waals surface area contributed by atoms with Crippen molar-refractivity contribution >= 4 is 10.9 Å². The number of nitrogens with zero attached hydrogens (tertiary/aromatic N) is 1. The zero-order chi connectivity index (χ0) is 11.1. The van der Waals surface area contributed by atoms with Gasteiger partial charge in [-0.25, -0.2) is 0 Å². The minimum absolute atomic E-state index is 0.608. The van der Waals surface area contributed by atoms with Crippen LogP contribution in [0, 0.1) is 6.92 Å². The summed E-state index contributed by atoms with van der Waals surface area (Å²) in [6.07, 6.45) is 2.61. The maximum atomic E-state index is 3.50. The minimum atomic E-state index is 0.608. The molecule has 16 heavy (non-hydrogen) atoms. The van der Waals surface area contributed by atoms with Gasteiger partial charge in [0.15, 0.2) is 0 Å². The Morgan fingerprint density at radius 2 is 2.12 bits per heavy atom. The monoisotopic (exact) mass is 214 g/mol. The second kappa shape index (κ2) is 3.63. The van der Waals surface area contributed by atoms with Gasteiger partial charge in [-0.15, -0.1) is 0 Å². The van der Waals surface area contributed by atoms with Crippen LogP contribution in [0.15, 0.2) is 24.3 Å². The highest BCUT2D eigenvalue weighted by Gasteiger charge is 2.26. The second-order valence-corrected chi connectivity index (χ2v) is 4.85. The van der Waals surface area contributed by atoms with E-state index < -0.39 is 0 Å². The van der Waals surface area contributed by atoms with Crippen LogP contribution in [0.2, 0.25) is 0 Å². The van der Waals surface area contributed by atoms with Crippen molar-refractivity contribution in [2.45, 2.75) is 25.8 Å². The van der Waals surface area contributed by atoms with Gasteiger partial charge in [-0.2, -0.15) is 0 Å². The largest absolute Gasteiger partial charge is 0.358 e. The number of aromatic amines is 1. The first-order valence-electron chi connectivity index (χ1n) is 6.05. The third kappa shape index (κ3) is 1.37. The Labute approximate surface area is 96.3 Å². The van der Waals surface area contributed by atoms with E-state index in [4.69, 9.17) is 0 Å². The molecule has 0 amide bonds. The van der Waals surface area contributed by atoms with Crippen LogP contribution in [-0.4, -0.2) is 23.5 Å². The van der Waals surface area contributed by atoms with E-state index in [1.54, 1.807) is 0 Å². The van der Waals surface area contributed by atoms with Crippen LogP contribution >= 0.6 is 0 Å². The third-order valence-electron chi connectivity index (χ3n) is 3.80. The molecule has 1 atom stereocenters. The number of rotatable bonds is 1. The summed E-state index contributed by atoms with van der Waals surface area (Å²) in [7, 11) is 2.24. The first-order chi connectivity index (χ1) is 7.77. The van der Waals surface area contributed by atoms with Gasteiger partial charge in [-0.1, -0.05) is 18.2 Å². The number of hydrogen-bond donors (Lipinski definition) is 1. The van der Waals surface area contributed by atoms with Gasteiger partial charge in [0, 0.05) is 22.6 Å². The van der Waals surface area contributed by atoms with Gasteiger partial charge < -0.3 is 4.98 Å². The van der Waals surface area contributed by atoms with Crippen LogP contribution in [0.25, 0.3) is 10.9 Å². The van der Waals surface area contributed by atoms with E-state index in [0.717, 1.165) is 0 Å². The molecule has 84 valence electrons. The first-order valence-corrected chi connectivity index (χ1v) is 6.05. The molecule has 1 saturated heterocycles. The highest BCUT2D eigenvalue weighted by molar-refractivity contribution is 5.85. The Hall–Kier alpha value is -1.28. The molecule has 1 aromatic heterocycles. The number of aromatic nitrogens is 1. The second-order valence-electron chi connectivity index (χ2n) is 4.85. The SMILES string of the molecule is Cc1[nH]c2ccccc2c1C1CCCN1C. The van der Waals surface area contributed by atoms with E-state index in [0.29, 0.717) is 6.04 Å². The predicted molar refractivity (Wildman–Crippen MR) is 67.6 cm³/mol. The molecule has 0 aliphatic carbocycles. The van der Waals surface area contributed by atoms with E-state index in [1.807, 2.05) is 0 Å². The average Bonchev–Trinajstić information content (AvgIpc) is 2.81. The molecule has 2 aromatic rings. The van der Waals surface area contributed by atoms with Crippen molar-refractivity contribution in [3.63, 3.8) is 0 Å². The molecule has 1 fully saturated rings. The maximum Gasteiger partial charge on any atom is 0.0459 e. The molecule has 0 saturated carbocycles. The van der Waals surface area contributed by atoms with Crippen LogP contribution in [0.1, 0.15) is 30.1 Å². The lowest BCUT2D eigenvalue weighted by molar-refractivity contribution is 0.318. The Bertz CT molecular complexity index is 512. The van der Waals surface area contributed by atoms with Crippen molar-refractivity contribution in [3.05, 3.63) is 35.5 Å². The van der Waals surface area contributed by atoms with Gasteiger partial charge in [-0.3, -0.25) is 4.90 Å². The van der Waals surface area contributed by atoms with Crippen LogP contribution in [0.3, 0.4) is 0 Å². The standard InChI is InChI=1S/C14H18N2/c1-10-14(13-8-5-9-16(13)2)11-6-3-4-7-12(11)15-10/h3-4,6-7,13,15H,5,8-9H2,1-2H3. The summed E-state index contributed by atoms with van der Waals surface area (Å²) in [5.74, 6) is 0. The van der Waals surface area contributed by atoms with Gasteiger partial charge in [0.25, 0.3) is 0 Å². The summed E-state index contributed by atoms with van der Waals surface area (Å²) >= 11 is 0. The highest BCUT2D eigenvalue weighted by atomic mass is 15.1. The number of aryl methyl sites for hydroxylation is 1. The van der Waals surface area contributed by atoms with Crippen molar-refractivity contribution in [1.82, 2.24) is 9.88 Å². The van der Waals surface area contributed by atoms with Crippen molar-refractivity contribution in [2.24, 2.45) is 0 Å². The van der Waals surface area contributed by atoms with Gasteiger partial charge in [0.2, 0.25) is 0 Å². The molecule has 0 spiro atoms. The number of benzene rings is 1. The fourth-order valence-corrected chi connectivity index (χ4v) is 3.00. The molecule has 0 radical (unpaired) electrons. The Morgan fingerprint density at radius 3 is 2.88 bits per heavy atom. The van der Waals surface area contributed by atoms with Gasteiger partial charge in [0.05, 0.1) is 0 Å². The van der Waals surface area contributed by atoms with E-state index in [2.05, 4.69) is 48.1 Å². The Balaban J connectivity index is 2.18. The Kier molecular flexibility index (Phi) is 2.25. The molecular formula is C14H18N2. The molecule has 1 unspecified atom stereocenters. The summed E-state index contributed by atoms with van der Waals surface area (Å²) in [5.41, 5.74) is 4.12. The fourth-order valence-electron chi connectivity index (χ4n) is 3.00. The molecule has 2 heterocycles. The predicted octanol–water partition coefficient (Wildman–Crippen LogP) is 3.24. The molecule has 1 aliphatic rings. The topological polar surface area (TPSA) is 19.0 Å². The summed E-state index contributed by atoms with van der Waals surface area (Å²) in [6, 6.07) is 9.24. The van der Waals surface area contributed by atoms with Gasteiger partial charge >= 0.3 is 0 Å². The number of hydrogen-bond acceptors (Lipinski definition) is 1. The lowest BCUT2D eigenvalue weighted by Gasteiger charge is -2.20. The van der Waals surface area contributed by atoms with E-state index >= 15 is 0 Å².